The monoisotopic (exact) mass is 258 g/mol. The van der Waals surface area contributed by atoms with Crippen molar-refractivity contribution in [1.29, 1.82) is 0 Å². The molecule has 2 aromatic rings. The molecule has 3 N–H and O–H groups in total. The summed E-state index contributed by atoms with van der Waals surface area (Å²) in [6.45, 7) is 1.90. The molecule has 0 aromatic heterocycles. The van der Waals surface area contributed by atoms with Crippen molar-refractivity contribution in [2.75, 3.05) is 11.1 Å². The van der Waals surface area contributed by atoms with Crippen LogP contribution in [0.3, 0.4) is 0 Å². The maximum atomic E-state index is 13.0. The SMILES string of the molecule is Cc1ccc(NC(=O)Cc2cccc(F)c2)cc1N. The fraction of sp³-hybridized carbons (Fsp3) is 0.133. The second-order valence-corrected chi connectivity index (χ2v) is 4.43. The predicted molar refractivity (Wildman–Crippen MR) is 74.3 cm³/mol. The Kier molecular flexibility index (Phi) is 3.80. The van der Waals surface area contributed by atoms with Crippen molar-refractivity contribution in [2.24, 2.45) is 0 Å². The summed E-state index contributed by atoms with van der Waals surface area (Å²) in [7, 11) is 0. The van der Waals surface area contributed by atoms with E-state index in [1.165, 1.54) is 12.1 Å². The predicted octanol–water partition coefficient (Wildman–Crippen LogP) is 2.90. The highest BCUT2D eigenvalue weighted by Crippen LogP contribution is 2.17. The van der Waals surface area contributed by atoms with E-state index in [2.05, 4.69) is 5.32 Å². The fourth-order valence-corrected chi connectivity index (χ4v) is 1.76. The highest BCUT2D eigenvalue weighted by atomic mass is 19.1. The first kappa shape index (κ1) is 13.1. The summed E-state index contributed by atoms with van der Waals surface area (Å²) in [5.41, 5.74) is 8.64. The van der Waals surface area contributed by atoms with Crippen molar-refractivity contribution in [3.63, 3.8) is 0 Å². The average molecular weight is 258 g/mol. The second kappa shape index (κ2) is 5.52. The van der Waals surface area contributed by atoms with Crippen molar-refractivity contribution in [3.05, 3.63) is 59.4 Å². The van der Waals surface area contributed by atoms with E-state index in [4.69, 9.17) is 5.73 Å². The molecule has 0 atom stereocenters. The largest absolute Gasteiger partial charge is 0.398 e. The molecule has 3 nitrogen and oxygen atoms in total. The molecule has 0 fully saturated rings. The molecule has 19 heavy (non-hydrogen) atoms. The standard InChI is InChI=1S/C15H15FN2O/c1-10-5-6-13(9-14(10)17)18-15(19)8-11-3-2-4-12(16)7-11/h2-7,9H,8,17H2,1H3,(H,18,19). The summed E-state index contributed by atoms with van der Waals surface area (Å²) in [6, 6.07) is 11.3. The molecule has 0 aliphatic carbocycles. The van der Waals surface area contributed by atoms with Gasteiger partial charge in [-0.1, -0.05) is 18.2 Å². The first-order valence-corrected chi connectivity index (χ1v) is 5.95. The van der Waals surface area contributed by atoms with Crippen molar-refractivity contribution in [1.82, 2.24) is 0 Å². The number of anilines is 2. The van der Waals surface area contributed by atoms with Crippen LogP contribution in [0.25, 0.3) is 0 Å². The van der Waals surface area contributed by atoms with Crippen LogP contribution in [0, 0.1) is 12.7 Å². The summed E-state index contributed by atoms with van der Waals surface area (Å²) >= 11 is 0. The number of nitrogen functional groups attached to an aromatic ring is 1. The van der Waals surface area contributed by atoms with Gasteiger partial charge in [0.15, 0.2) is 0 Å². The van der Waals surface area contributed by atoms with E-state index in [0.29, 0.717) is 16.9 Å². The molecule has 1 amide bonds. The van der Waals surface area contributed by atoms with Crippen LogP contribution < -0.4 is 11.1 Å². The minimum absolute atomic E-state index is 0.130. The summed E-state index contributed by atoms with van der Waals surface area (Å²) in [6.07, 6.45) is 0.130. The van der Waals surface area contributed by atoms with E-state index < -0.39 is 0 Å². The first-order chi connectivity index (χ1) is 9.04. The van der Waals surface area contributed by atoms with Gasteiger partial charge in [-0.25, -0.2) is 4.39 Å². The van der Waals surface area contributed by atoms with E-state index >= 15 is 0 Å². The van der Waals surface area contributed by atoms with Crippen molar-refractivity contribution < 1.29 is 9.18 Å². The Morgan fingerprint density at radius 3 is 2.74 bits per heavy atom. The maximum Gasteiger partial charge on any atom is 0.228 e. The van der Waals surface area contributed by atoms with E-state index in [0.717, 1.165) is 5.56 Å². The Hall–Kier alpha value is -2.36. The zero-order valence-corrected chi connectivity index (χ0v) is 10.6. The first-order valence-electron chi connectivity index (χ1n) is 5.95. The molecular formula is C15H15FN2O. The minimum atomic E-state index is -0.343. The van der Waals surface area contributed by atoms with Crippen molar-refractivity contribution in [2.45, 2.75) is 13.3 Å². The maximum absolute atomic E-state index is 13.0. The van der Waals surface area contributed by atoms with E-state index in [1.807, 2.05) is 13.0 Å². The molecule has 0 saturated carbocycles. The zero-order valence-electron chi connectivity index (χ0n) is 10.6. The van der Waals surface area contributed by atoms with Gasteiger partial charge in [0.25, 0.3) is 0 Å². The van der Waals surface area contributed by atoms with Gasteiger partial charge >= 0.3 is 0 Å². The van der Waals surface area contributed by atoms with E-state index in [-0.39, 0.29) is 18.1 Å². The smallest absolute Gasteiger partial charge is 0.228 e. The molecular weight excluding hydrogens is 243 g/mol. The Morgan fingerprint density at radius 1 is 1.26 bits per heavy atom. The zero-order chi connectivity index (χ0) is 13.8. The van der Waals surface area contributed by atoms with Crippen LogP contribution in [0.15, 0.2) is 42.5 Å². The molecule has 98 valence electrons. The molecule has 2 rings (SSSR count). The summed E-state index contributed by atoms with van der Waals surface area (Å²) in [4.78, 5) is 11.8. The van der Waals surface area contributed by atoms with Crippen LogP contribution in [-0.4, -0.2) is 5.91 Å². The summed E-state index contributed by atoms with van der Waals surface area (Å²) < 4.78 is 13.0. The molecule has 0 unspecified atom stereocenters. The molecule has 0 heterocycles. The van der Waals surface area contributed by atoms with Gasteiger partial charge in [-0.2, -0.15) is 0 Å². The molecule has 0 aliphatic rings. The number of benzene rings is 2. The number of nitrogens with two attached hydrogens (primary N) is 1. The number of carbonyl (C=O) groups is 1. The number of rotatable bonds is 3. The number of hydrogen-bond donors (Lipinski definition) is 2. The lowest BCUT2D eigenvalue weighted by molar-refractivity contribution is -0.115. The number of aryl methyl sites for hydroxylation is 1. The molecule has 0 spiro atoms. The van der Waals surface area contributed by atoms with Gasteiger partial charge in [0.2, 0.25) is 5.91 Å². The van der Waals surface area contributed by atoms with E-state index in [1.54, 1.807) is 24.3 Å². The lowest BCUT2D eigenvalue weighted by atomic mass is 10.1. The Balaban J connectivity index is 2.03. The third-order valence-electron chi connectivity index (χ3n) is 2.82. The van der Waals surface area contributed by atoms with Crippen LogP contribution in [0.4, 0.5) is 15.8 Å². The van der Waals surface area contributed by atoms with Crippen LogP contribution in [0.1, 0.15) is 11.1 Å². The molecule has 0 bridgehead atoms. The summed E-state index contributed by atoms with van der Waals surface area (Å²) in [5.74, 6) is -0.543. The fourth-order valence-electron chi connectivity index (χ4n) is 1.76. The van der Waals surface area contributed by atoms with Gasteiger partial charge < -0.3 is 11.1 Å². The average Bonchev–Trinajstić information content (AvgIpc) is 2.34. The van der Waals surface area contributed by atoms with Gasteiger partial charge in [-0.15, -0.1) is 0 Å². The van der Waals surface area contributed by atoms with Crippen LogP contribution in [-0.2, 0) is 11.2 Å². The normalized spacial score (nSPS) is 10.2. The van der Waals surface area contributed by atoms with Gasteiger partial charge in [0, 0.05) is 11.4 Å². The number of amides is 1. The quantitative estimate of drug-likeness (QED) is 0.832. The number of carbonyl (C=O) groups excluding carboxylic acids is 1. The molecule has 0 saturated heterocycles. The van der Waals surface area contributed by atoms with Gasteiger partial charge in [0.05, 0.1) is 6.42 Å². The van der Waals surface area contributed by atoms with Crippen LogP contribution in [0.2, 0.25) is 0 Å². The molecule has 0 radical (unpaired) electrons. The molecule has 0 aliphatic heterocycles. The topological polar surface area (TPSA) is 55.1 Å². The Bertz CT molecular complexity index is 611. The van der Waals surface area contributed by atoms with Crippen molar-refractivity contribution >= 4 is 17.3 Å². The lowest BCUT2D eigenvalue weighted by Crippen LogP contribution is -2.14. The van der Waals surface area contributed by atoms with Crippen LogP contribution in [0.5, 0.6) is 0 Å². The number of hydrogen-bond acceptors (Lipinski definition) is 2. The summed E-state index contributed by atoms with van der Waals surface area (Å²) in [5, 5.41) is 2.74. The number of halogens is 1. The number of nitrogens with one attached hydrogen (secondary N) is 1. The Morgan fingerprint density at radius 2 is 2.05 bits per heavy atom. The molecule has 2 aromatic carbocycles. The Labute approximate surface area is 111 Å². The van der Waals surface area contributed by atoms with Crippen LogP contribution >= 0.6 is 0 Å². The van der Waals surface area contributed by atoms with Gasteiger partial charge in [-0.05, 0) is 42.3 Å². The lowest BCUT2D eigenvalue weighted by Gasteiger charge is -2.07. The van der Waals surface area contributed by atoms with E-state index in [9.17, 15) is 9.18 Å². The van der Waals surface area contributed by atoms with Gasteiger partial charge in [-0.3, -0.25) is 4.79 Å². The minimum Gasteiger partial charge on any atom is -0.398 e. The highest BCUT2D eigenvalue weighted by Gasteiger charge is 2.05. The van der Waals surface area contributed by atoms with Gasteiger partial charge in [0.1, 0.15) is 5.82 Å². The second-order valence-electron chi connectivity index (χ2n) is 4.43. The third kappa shape index (κ3) is 3.55. The molecule has 4 heteroatoms. The van der Waals surface area contributed by atoms with Crippen molar-refractivity contribution in [3.8, 4) is 0 Å². The highest BCUT2D eigenvalue weighted by molar-refractivity contribution is 5.92. The third-order valence-corrected chi connectivity index (χ3v) is 2.82.